The lowest BCUT2D eigenvalue weighted by Gasteiger charge is -2.28. The minimum absolute atomic E-state index is 0.00475. The van der Waals surface area contributed by atoms with Gasteiger partial charge in [0.1, 0.15) is 40.2 Å². The van der Waals surface area contributed by atoms with E-state index in [2.05, 4.69) is 6.58 Å². The molecule has 1 fully saturated rings. The van der Waals surface area contributed by atoms with Gasteiger partial charge >= 0.3 is 0 Å². The summed E-state index contributed by atoms with van der Waals surface area (Å²) in [6.45, 7) is 4.52. The van der Waals surface area contributed by atoms with Crippen molar-refractivity contribution in [1.82, 2.24) is 4.90 Å². The number of aliphatic hydroxyl groups excluding tert-OH is 1. The van der Waals surface area contributed by atoms with Crippen LogP contribution in [0.1, 0.15) is 48.6 Å². The van der Waals surface area contributed by atoms with Gasteiger partial charge in [-0.3, -0.25) is 9.79 Å². The van der Waals surface area contributed by atoms with E-state index >= 15 is 0 Å². The molecule has 1 saturated heterocycles. The van der Waals surface area contributed by atoms with Gasteiger partial charge in [-0.25, -0.2) is 8.78 Å². The number of methoxy groups -OCH3 is 3. The maximum absolute atomic E-state index is 14.5. The van der Waals surface area contributed by atoms with E-state index in [4.69, 9.17) is 19.2 Å². The first kappa shape index (κ1) is 30.8. The Hall–Kier alpha value is -4.66. The van der Waals surface area contributed by atoms with Crippen molar-refractivity contribution in [3.05, 3.63) is 118 Å². The van der Waals surface area contributed by atoms with Gasteiger partial charge in [0.15, 0.2) is 0 Å². The lowest BCUT2D eigenvalue weighted by atomic mass is 9.82. The average molecular weight is 603 g/mol. The summed E-state index contributed by atoms with van der Waals surface area (Å²) in [5, 5.41) is 11.4. The van der Waals surface area contributed by atoms with Gasteiger partial charge < -0.3 is 24.2 Å². The maximum atomic E-state index is 14.5. The number of likely N-dealkylation sites (tertiary alicyclic amines) is 1. The van der Waals surface area contributed by atoms with Gasteiger partial charge in [0.25, 0.3) is 5.91 Å². The Labute approximate surface area is 256 Å². The molecule has 1 aliphatic carbocycles. The van der Waals surface area contributed by atoms with Crippen LogP contribution in [0, 0.1) is 11.6 Å². The molecule has 0 aromatic heterocycles. The van der Waals surface area contributed by atoms with Crippen molar-refractivity contribution >= 4 is 11.6 Å². The molecule has 0 saturated carbocycles. The van der Waals surface area contributed by atoms with Crippen molar-refractivity contribution in [3.8, 4) is 11.5 Å². The standard InChI is InChI=1S/C35H36F2N2O5/c1-21-31(35(41)39-18-17-23(20-39)32-26(36)11-7-12-27(32)37)28(40)16-15-25(33-29(43-3)13-8-14-30(33)44-4)34(38-21)22-9-5-6-10-24(19-22)42-2/h5-8,10-14,19,23,25,40H,1,9,15-18,20H2,2-4H3. The largest absolute Gasteiger partial charge is 0.511 e. The molecule has 3 aliphatic rings. The van der Waals surface area contributed by atoms with Crippen molar-refractivity contribution in [1.29, 1.82) is 0 Å². The molecule has 2 atom stereocenters. The highest BCUT2D eigenvalue weighted by Gasteiger charge is 2.36. The van der Waals surface area contributed by atoms with Gasteiger partial charge in [-0.2, -0.15) is 0 Å². The third kappa shape index (κ3) is 6.04. The number of rotatable bonds is 7. The summed E-state index contributed by atoms with van der Waals surface area (Å²) in [6.07, 6.45) is 9.09. The summed E-state index contributed by atoms with van der Waals surface area (Å²) < 4.78 is 46.1. The second kappa shape index (κ2) is 13.3. The number of hydrogen-bond acceptors (Lipinski definition) is 6. The van der Waals surface area contributed by atoms with Gasteiger partial charge in [0, 0.05) is 42.5 Å². The third-order valence-corrected chi connectivity index (χ3v) is 8.36. The number of ether oxygens (including phenoxy) is 3. The van der Waals surface area contributed by atoms with Gasteiger partial charge in [-0.1, -0.05) is 30.9 Å². The Morgan fingerprint density at radius 2 is 1.68 bits per heavy atom. The van der Waals surface area contributed by atoms with E-state index in [0.717, 1.165) is 11.1 Å². The van der Waals surface area contributed by atoms with Crippen LogP contribution in [0.4, 0.5) is 8.78 Å². The Balaban J connectivity index is 1.55. The van der Waals surface area contributed by atoms with Crippen LogP contribution >= 0.6 is 0 Å². The van der Waals surface area contributed by atoms with E-state index in [-0.39, 0.29) is 42.1 Å². The number of amides is 1. The predicted octanol–water partition coefficient (Wildman–Crippen LogP) is 7.06. The van der Waals surface area contributed by atoms with Crippen LogP contribution in [0.3, 0.4) is 0 Å². The summed E-state index contributed by atoms with van der Waals surface area (Å²) >= 11 is 0. The van der Waals surface area contributed by atoms with E-state index < -0.39 is 29.4 Å². The van der Waals surface area contributed by atoms with Crippen LogP contribution in [0.5, 0.6) is 11.5 Å². The van der Waals surface area contributed by atoms with Crippen LogP contribution < -0.4 is 9.47 Å². The first-order valence-corrected chi connectivity index (χ1v) is 14.5. The van der Waals surface area contributed by atoms with Crippen LogP contribution in [-0.2, 0) is 9.53 Å². The molecular formula is C35H36F2N2O5. The topological polar surface area (TPSA) is 80.6 Å². The fourth-order valence-electron chi connectivity index (χ4n) is 6.22. The lowest BCUT2D eigenvalue weighted by molar-refractivity contribution is -0.126. The molecule has 2 aliphatic heterocycles. The van der Waals surface area contributed by atoms with Gasteiger partial charge in [-0.15, -0.1) is 0 Å². The Morgan fingerprint density at radius 3 is 2.34 bits per heavy atom. The number of carbonyl (C=O) groups is 1. The number of halogens is 2. The molecule has 0 spiro atoms. The SMILES string of the molecule is C=C1N=C(C2=CC(OC)=CC=CC2)C(c2c(OC)cccc2OC)CCC(O)=C1C(=O)N1CCC(c2c(F)cccc2F)C1. The fourth-order valence-corrected chi connectivity index (χ4v) is 6.22. The number of aliphatic imine (C=N–C) groups is 1. The van der Waals surface area contributed by atoms with Crippen LogP contribution in [0.25, 0.3) is 0 Å². The first-order chi connectivity index (χ1) is 21.3. The van der Waals surface area contributed by atoms with Crippen molar-refractivity contribution in [2.75, 3.05) is 34.4 Å². The average Bonchev–Trinajstić information content (AvgIpc) is 3.37. The molecule has 0 radical (unpaired) electrons. The zero-order valence-corrected chi connectivity index (χ0v) is 25.1. The molecule has 2 aromatic rings. The molecule has 230 valence electrons. The van der Waals surface area contributed by atoms with E-state index in [1.807, 2.05) is 42.5 Å². The quantitative estimate of drug-likeness (QED) is 0.367. The number of nitrogens with zero attached hydrogens (tertiary/aromatic N) is 2. The van der Waals surface area contributed by atoms with Crippen molar-refractivity contribution < 1.29 is 32.9 Å². The molecule has 9 heteroatoms. The highest BCUT2D eigenvalue weighted by Crippen LogP contribution is 2.43. The number of hydrogen-bond donors (Lipinski definition) is 1. The van der Waals surface area contributed by atoms with Crippen LogP contribution in [0.15, 0.2) is 101 Å². The van der Waals surface area contributed by atoms with E-state index in [0.29, 0.717) is 42.2 Å². The molecule has 1 amide bonds. The molecule has 2 unspecified atom stereocenters. The summed E-state index contributed by atoms with van der Waals surface area (Å²) in [5.41, 5.74) is 2.31. The Morgan fingerprint density at radius 1 is 1.00 bits per heavy atom. The number of benzene rings is 2. The van der Waals surface area contributed by atoms with Crippen molar-refractivity contribution in [2.45, 2.75) is 37.5 Å². The molecule has 2 heterocycles. The second-order valence-corrected chi connectivity index (χ2v) is 10.9. The fraction of sp³-hybridized carbons (Fsp3) is 0.314. The van der Waals surface area contributed by atoms with E-state index in [1.54, 1.807) is 21.3 Å². The number of carbonyl (C=O) groups excluding carboxylic acids is 1. The lowest BCUT2D eigenvalue weighted by Crippen LogP contribution is -2.32. The monoisotopic (exact) mass is 602 g/mol. The van der Waals surface area contributed by atoms with Gasteiger partial charge in [0.2, 0.25) is 0 Å². The zero-order chi connectivity index (χ0) is 31.4. The zero-order valence-electron chi connectivity index (χ0n) is 25.1. The van der Waals surface area contributed by atoms with Gasteiger partial charge in [0.05, 0.1) is 32.7 Å². The Bertz CT molecular complexity index is 1580. The Kier molecular flexibility index (Phi) is 9.32. The van der Waals surface area contributed by atoms with Crippen molar-refractivity contribution in [2.24, 2.45) is 4.99 Å². The molecule has 1 N–H and O–H groups in total. The second-order valence-electron chi connectivity index (χ2n) is 10.9. The summed E-state index contributed by atoms with van der Waals surface area (Å²) in [7, 11) is 4.76. The molecule has 44 heavy (non-hydrogen) atoms. The predicted molar refractivity (Wildman–Crippen MR) is 165 cm³/mol. The van der Waals surface area contributed by atoms with Crippen LogP contribution in [-0.4, -0.2) is 56.0 Å². The maximum Gasteiger partial charge on any atom is 0.259 e. The normalized spacial score (nSPS) is 20.7. The minimum Gasteiger partial charge on any atom is -0.511 e. The van der Waals surface area contributed by atoms with Crippen LogP contribution in [0.2, 0.25) is 0 Å². The molecule has 0 bridgehead atoms. The van der Waals surface area contributed by atoms with Crippen molar-refractivity contribution in [3.63, 3.8) is 0 Å². The first-order valence-electron chi connectivity index (χ1n) is 14.5. The van der Waals surface area contributed by atoms with E-state index in [1.165, 1.54) is 23.1 Å². The summed E-state index contributed by atoms with van der Waals surface area (Å²) in [6, 6.07) is 9.29. The number of aliphatic hydroxyl groups is 1. The third-order valence-electron chi connectivity index (χ3n) is 8.36. The highest BCUT2D eigenvalue weighted by atomic mass is 19.1. The highest BCUT2D eigenvalue weighted by molar-refractivity contribution is 6.08. The molecule has 2 aromatic carbocycles. The summed E-state index contributed by atoms with van der Waals surface area (Å²) in [4.78, 5) is 20.4. The molecule has 5 rings (SSSR count). The molecular weight excluding hydrogens is 566 g/mol. The number of allylic oxidation sites excluding steroid dienone is 6. The smallest absolute Gasteiger partial charge is 0.259 e. The van der Waals surface area contributed by atoms with E-state index in [9.17, 15) is 18.7 Å². The molecule has 7 nitrogen and oxygen atoms in total. The minimum atomic E-state index is -0.635. The van der Waals surface area contributed by atoms with Gasteiger partial charge in [-0.05, 0) is 61.3 Å². The summed E-state index contributed by atoms with van der Waals surface area (Å²) in [5.74, 6) is -0.959.